The molecule has 0 radical (unpaired) electrons. The fraction of sp³-hybridized carbons (Fsp3) is 0.158. The number of nitrogens with one attached hydrogen (secondary N) is 2. The molecule has 0 saturated heterocycles. The van der Waals surface area contributed by atoms with Gasteiger partial charge in [0.05, 0.1) is 24.8 Å². The summed E-state index contributed by atoms with van der Waals surface area (Å²) in [7, 11) is -0.830. The summed E-state index contributed by atoms with van der Waals surface area (Å²) in [6.07, 6.45) is 0. The van der Waals surface area contributed by atoms with Crippen LogP contribution in [0.4, 0.5) is 10.8 Å². The number of benzene rings is 2. The zero-order chi connectivity index (χ0) is 21.0. The Labute approximate surface area is 172 Å². The Kier molecular flexibility index (Phi) is 6.04. The summed E-state index contributed by atoms with van der Waals surface area (Å²) in [4.78, 5) is 16.6. The van der Waals surface area contributed by atoms with Crippen LogP contribution in [0.15, 0.2) is 52.7 Å². The van der Waals surface area contributed by atoms with Gasteiger partial charge in [-0.2, -0.15) is 0 Å². The van der Waals surface area contributed by atoms with Crippen molar-refractivity contribution in [3.63, 3.8) is 0 Å². The SMILES string of the molecule is COc1ccc(S(=O)(=O)Nc2nc(C(=O)Nc3cc(C)ccc3OC)cs2)cc1. The molecular formula is C19H19N3O5S2. The second kappa shape index (κ2) is 8.50. The Bertz CT molecular complexity index is 1130. The predicted octanol–water partition coefficient (Wildman–Crippen LogP) is 3.52. The summed E-state index contributed by atoms with van der Waals surface area (Å²) in [5.41, 5.74) is 1.55. The van der Waals surface area contributed by atoms with Crippen LogP contribution in [-0.4, -0.2) is 33.5 Å². The van der Waals surface area contributed by atoms with Crippen molar-refractivity contribution in [2.24, 2.45) is 0 Å². The molecule has 1 aromatic heterocycles. The Balaban J connectivity index is 1.74. The summed E-state index contributed by atoms with van der Waals surface area (Å²) in [6, 6.07) is 11.3. The summed E-state index contributed by atoms with van der Waals surface area (Å²) >= 11 is 1.01. The number of amides is 1. The number of hydrogen-bond donors (Lipinski definition) is 2. The number of aryl methyl sites for hydroxylation is 1. The number of nitrogens with zero attached hydrogens (tertiary/aromatic N) is 1. The van der Waals surface area contributed by atoms with Crippen molar-refractivity contribution in [3.05, 3.63) is 59.1 Å². The van der Waals surface area contributed by atoms with Crippen LogP contribution in [0.25, 0.3) is 0 Å². The number of aromatic nitrogens is 1. The van der Waals surface area contributed by atoms with Gasteiger partial charge in [-0.25, -0.2) is 13.4 Å². The van der Waals surface area contributed by atoms with Crippen LogP contribution in [-0.2, 0) is 10.0 Å². The standard InChI is InChI=1S/C19H19N3O5S2/c1-12-4-9-17(27-3)15(10-12)20-18(23)16-11-28-19(21-16)22-29(24,25)14-7-5-13(26-2)6-8-14/h4-11H,1-3H3,(H,20,23)(H,21,22). The molecule has 1 amide bonds. The molecule has 1 heterocycles. The lowest BCUT2D eigenvalue weighted by atomic mass is 10.2. The monoisotopic (exact) mass is 433 g/mol. The molecule has 0 atom stereocenters. The van der Waals surface area contributed by atoms with E-state index in [0.29, 0.717) is 17.2 Å². The minimum Gasteiger partial charge on any atom is -0.497 e. The number of sulfonamides is 1. The van der Waals surface area contributed by atoms with Crippen molar-refractivity contribution in [2.75, 3.05) is 24.3 Å². The number of ether oxygens (including phenoxy) is 2. The number of methoxy groups -OCH3 is 2. The molecule has 0 bridgehead atoms. The number of thiazole rings is 1. The number of anilines is 2. The fourth-order valence-electron chi connectivity index (χ4n) is 2.46. The summed E-state index contributed by atoms with van der Waals surface area (Å²) in [6.45, 7) is 1.89. The van der Waals surface area contributed by atoms with Crippen LogP contribution in [0.1, 0.15) is 16.1 Å². The van der Waals surface area contributed by atoms with E-state index in [-0.39, 0.29) is 15.7 Å². The normalized spacial score (nSPS) is 11.0. The lowest BCUT2D eigenvalue weighted by molar-refractivity contribution is 0.102. The van der Waals surface area contributed by atoms with Gasteiger partial charge in [-0.3, -0.25) is 9.52 Å². The van der Waals surface area contributed by atoms with Gasteiger partial charge in [-0.15, -0.1) is 11.3 Å². The van der Waals surface area contributed by atoms with Crippen molar-refractivity contribution in [3.8, 4) is 11.5 Å². The van der Waals surface area contributed by atoms with Gasteiger partial charge < -0.3 is 14.8 Å². The van der Waals surface area contributed by atoms with Gasteiger partial charge in [-0.05, 0) is 48.9 Å². The fourth-order valence-corrected chi connectivity index (χ4v) is 4.40. The van der Waals surface area contributed by atoms with E-state index >= 15 is 0 Å². The maximum atomic E-state index is 12.5. The van der Waals surface area contributed by atoms with E-state index in [1.165, 1.54) is 31.7 Å². The van der Waals surface area contributed by atoms with E-state index in [2.05, 4.69) is 15.0 Å². The highest BCUT2D eigenvalue weighted by molar-refractivity contribution is 7.93. The van der Waals surface area contributed by atoms with Crippen molar-refractivity contribution in [2.45, 2.75) is 11.8 Å². The highest BCUT2D eigenvalue weighted by Gasteiger charge is 2.19. The molecule has 0 saturated carbocycles. The maximum Gasteiger partial charge on any atom is 0.275 e. The lowest BCUT2D eigenvalue weighted by Gasteiger charge is -2.10. The second-order valence-electron chi connectivity index (χ2n) is 5.98. The highest BCUT2D eigenvalue weighted by atomic mass is 32.2. The molecule has 2 aromatic carbocycles. The minimum absolute atomic E-state index is 0.0593. The molecule has 29 heavy (non-hydrogen) atoms. The molecule has 8 nitrogen and oxygen atoms in total. The molecule has 0 aliphatic heterocycles. The average Bonchev–Trinajstić information content (AvgIpc) is 3.16. The molecule has 10 heteroatoms. The molecule has 0 fully saturated rings. The number of hydrogen-bond acceptors (Lipinski definition) is 7. The highest BCUT2D eigenvalue weighted by Crippen LogP contribution is 2.27. The van der Waals surface area contributed by atoms with Crippen LogP contribution in [0.3, 0.4) is 0 Å². The first-order valence-corrected chi connectivity index (χ1v) is 10.8. The Morgan fingerprint density at radius 3 is 2.45 bits per heavy atom. The molecule has 0 aliphatic carbocycles. The van der Waals surface area contributed by atoms with Crippen LogP contribution in [0.2, 0.25) is 0 Å². The molecule has 2 N–H and O–H groups in total. The zero-order valence-corrected chi connectivity index (χ0v) is 17.6. The van der Waals surface area contributed by atoms with Gasteiger partial charge >= 0.3 is 0 Å². The Hall–Kier alpha value is -3.11. The van der Waals surface area contributed by atoms with Crippen molar-refractivity contribution in [1.29, 1.82) is 0 Å². The van der Waals surface area contributed by atoms with E-state index in [1.807, 2.05) is 13.0 Å². The number of carbonyl (C=O) groups excluding carboxylic acids is 1. The average molecular weight is 434 g/mol. The summed E-state index contributed by atoms with van der Waals surface area (Å²) in [5, 5.41) is 4.29. The van der Waals surface area contributed by atoms with Crippen LogP contribution < -0.4 is 19.5 Å². The molecular weight excluding hydrogens is 414 g/mol. The van der Waals surface area contributed by atoms with Crippen LogP contribution in [0.5, 0.6) is 11.5 Å². The van der Waals surface area contributed by atoms with Gasteiger partial charge in [-0.1, -0.05) is 6.07 Å². The maximum absolute atomic E-state index is 12.5. The molecule has 3 rings (SSSR count). The van der Waals surface area contributed by atoms with E-state index in [9.17, 15) is 13.2 Å². The first-order valence-electron chi connectivity index (χ1n) is 8.41. The van der Waals surface area contributed by atoms with Gasteiger partial charge in [0.2, 0.25) is 0 Å². The topological polar surface area (TPSA) is 107 Å². The predicted molar refractivity (Wildman–Crippen MR) is 112 cm³/mol. The number of rotatable bonds is 7. The third-order valence-electron chi connectivity index (χ3n) is 3.93. The van der Waals surface area contributed by atoms with Gasteiger partial charge in [0, 0.05) is 5.38 Å². The summed E-state index contributed by atoms with van der Waals surface area (Å²) in [5.74, 6) is 0.586. The van der Waals surface area contributed by atoms with Gasteiger partial charge in [0.15, 0.2) is 5.13 Å². The molecule has 3 aromatic rings. The Morgan fingerprint density at radius 2 is 1.79 bits per heavy atom. The van der Waals surface area contributed by atoms with E-state index in [0.717, 1.165) is 16.9 Å². The third-order valence-corrected chi connectivity index (χ3v) is 6.17. The first kappa shape index (κ1) is 20.6. The van der Waals surface area contributed by atoms with E-state index < -0.39 is 15.9 Å². The van der Waals surface area contributed by atoms with Gasteiger partial charge in [0.25, 0.3) is 15.9 Å². The molecule has 152 valence electrons. The molecule has 0 unspecified atom stereocenters. The number of carbonyl (C=O) groups is 1. The van der Waals surface area contributed by atoms with E-state index in [1.54, 1.807) is 24.3 Å². The van der Waals surface area contributed by atoms with Crippen LogP contribution in [0, 0.1) is 6.92 Å². The van der Waals surface area contributed by atoms with Crippen LogP contribution >= 0.6 is 11.3 Å². The zero-order valence-electron chi connectivity index (χ0n) is 15.9. The van der Waals surface area contributed by atoms with Crippen molar-refractivity contribution >= 4 is 38.1 Å². The first-order chi connectivity index (χ1) is 13.8. The van der Waals surface area contributed by atoms with Crippen molar-refractivity contribution < 1.29 is 22.7 Å². The largest absolute Gasteiger partial charge is 0.497 e. The third kappa shape index (κ3) is 4.84. The smallest absolute Gasteiger partial charge is 0.275 e. The van der Waals surface area contributed by atoms with E-state index in [4.69, 9.17) is 9.47 Å². The molecule has 0 aliphatic rings. The molecule has 0 spiro atoms. The minimum atomic E-state index is -3.84. The summed E-state index contributed by atoms with van der Waals surface area (Å²) < 4.78 is 37.6. The van der Waals surface area contributed by atoms with Crippen molar-refractivity contribution in [1.82, 2.24) is 4.98 Å². The lowest BCUT2D eigenvalue weighted by Crippen LogP contribution is -2.15. The Morgan fingerprint density at radius 1 is 1.07 bits per heavy atom. The van der Waals surface area contributed by atoms with Gasteiger partial charge in [0.1, 0.15) is 17.2 Å². The quantitative estimate of drug-likeness (QED) is 0.590. The second-order valence-corrected chi connectivity index (χ2v) is 8.52.